The summed E-state index contributed by atoms with van der Waals surface area (Å²) in [6.45, 7) is 4.09. The molecule has 0 amide bonds. The second kappa shape index (κ2) is 6.37. The summed E-state index contributed by atoms with van der Waals surface area (Å²) in [6, 6.07) is -0.00815. The van der Waals surface area contributed by atoms with Crippen LogP contribution in [0.1, 0.15) is 13.8 Å². The third-order valence-corrected chi connectivity index (χ3v) is 1.83. The number of hydrogen-bond donors (Lipinski definition) is 4. The fourth-order valence-electron chi connectivity index (χ4n) is 0.863. The van der Waals surface area contributed by atoms with Gasteiger partial charge in [0.25, 0.3) is 0 Å². The zero-order chi connectivity index (χ0) is 9.56. The lowest BCUT2D eigenvalue weighted by Gasteiger charge is -2.21. The standard InChI is InChI=1S/C8H19NO3/c1-6(2)8(5-11)9-3-7(12)4-10/h6-12H,3-5H2,1-2H3/t7?,8-/m1/s1. The van der Waals surface area contributed by atoms with E-state index in [-0.39, 0.29) is 19.3 Å². The summed E-state index contributed by atoms with van der Waals surface area (Å²) in [6.07, 6.45) is -0.738. The van der Waals surface area contributed by atoms with Crippen molar-refractivity contribution in [3.63, 3.8) is 0 Å². The van der Waals surface area contributed by atoms with Crippen LogP contribution in [-0.4, -0.2) is 47.2 Å². The van der Waals surface area contributed by atoms with E-state index in [1.165, 1.54) is 0 Å². The smallest absolute Gasteiger partial charge is 0.0895 e. The molecule has 2 atom stereocenters. The number of aliphatic hydroxyl groups excluding tert-OH is 3. The van der Waals surface area contributed by atoms with Crippen molar-refractivity contribution < 1.29 is 15.3 Å². The second-order valence-corrected chi connectivity index (χ2v) is 3.28. The highest BCUT2D eigenvalue weighted by molar-refractivity contribution is 4.70. The lowest BCUT2D eigenvalue weighted by atomic mass is 10.1. The number of hydrogen-bond acceptors (Lipinski definition) is 4. The van der Waals surface area contributed by atoms with E-state index >= 15 is 0 Å². The van der Waals surface area contributed by atoms with Crippen molar-refractivity contribution >= 4 is 0 Å². The van der Waals surface area contributed by atoms with Gasteiger partial charge in [-0.25, -0.2) is 0 Å². The maximum atomic E-state index is 8.99. The van der Waals surface area contributed by atoms with Crippen molar-refractivity contribution in [3.05, 3.63) is 0 Å². The molecule has 4 nitrogen and oxygen atoms in total. The summed E-state index contributed by atoms with van der Waals surface area (Å²) in [4.78, 5) is 0. The van der Waals surface area contributed by atoms with Crippen molar-refractivity contribution in [2.75, 3.05) is 19.8 Å². The van der Waals surface area contributed by atoms with E-state index in [1.807, 2.05) is 13.8 Å². The van der Waals surface area contributed by atoms with Crippen molar-refractivity contribution in [2.24, 2.45) is 5.92 Å². The Balaban J connectivity index is 3.58. The molecular formula is C8H19NO3. The fraction of sp³-hybridized carbons (Fsp3) is 1.00. The van der Waals surface area contributed by atoms with E-state index in [0.29, 0.717) is 12.5 Å². The van der Waals surface area contributed by atoms with Crippen LogP contribution in [0.25, 0.3) is 0 Å². The average molecular weight is 177 g/mol. The number of rotatable bonds is 6. The molecule has 12 heavy (non-hydrogen) atoms. The van der Waals surface area contributed by atoms with Gasteiger partial charge in [0.1, 0.15) is 0 Å². The summed E-state index contributed by atoms with van der Waals surface area (Å²) in [5.41, 5.74) is 0. The maximum Gasteiger partial charge on any atom is 0.0895 e. The molecule has 1 unspecified atom stereocenters. The molecular weight excluding hydrogens is 158 g/mol. The van der Waals surface area contributed by atoms with Crippen LogP contribution in [0.4, 0.5) is 0 Å². The van der Waals surface area contributed by atoms with Gasteiger partial charge in [-0.15, -0.1) is 0 Å². The Bertz CT molecular complexity index is 108. The van der Waals surface area contributed by atoms with Crippen LogP contribution >= 0.6 is 0 Å². The predicted octanol–water partition coefficient (Wildman–Crippen LogP) is -1.05. The van der Waals surface area contributed by atoms with Gasteiger partial charge < -0.3 is 20.6 Å². The summed E-state index contributed by atoms with van der Waals surface area (Å²) < 4.78 is 0. The first kappa shape index (κ1) is 11.8. The van der Waals surface area contributed by atoms with Crippen molar-refractivity contribution in [1.82, 2.24) is 5.32 Å². The fourth-order valence-corrected chi connectivity index (χ4v) is 0.863. The summed E-state index contributed by atoms with van der Waals surface area (Å²) in [5, 5.41) is 29.3. The predicted molar refractivity (Wildman–Crippen MR) is 46.8 cm³/mol. The molecule has 0 fully saturated rings. The lowest BCUT2D eigenvalue weighted by molar-refractivity contribution is 0.0857. The molecule has 0 bridgehead atoms. The third kappa shape index (κ3) is 4.66. The molecule has 0 rings (SSSR count). The Kier molecular flexibility index (Phi) is 6.28. The largest absolute Gasteiger partial charge is 0.395 e. The third-order valence-electron chi connectivity index (χ3n) is 1.83. The van der Waals surface area contributed by atoms with E-state index < -0.39 is 6.10 Å². The summed E-state index contributed by atoms with van der Waals surface area (Å²) in [5.74, 6) is 0.320. The molecule has 4 N–H and O–H groups in total. The normalized spacial score (nSPS) is 16.5. The Morgan fingerprint density at radius 2 is 1.75 bits per heavy atom. The SMILES string of the molecule is CC(C)[C@@H](CO)NCC(O)CO. The molecule has 0 radical (unpaired) electrons. The minimum Gasteiger partial charge on any atom is -0.395 e. The van der Waals surface area contributed by atoms with E-state index in [0.717, 1.165) is 0 Å². The van der Waals surface area contributed by atoms with E-state index in [4.69, 9.17) is 15.3 Å². The zero-order valence-electron chi connectivity index (χ0n) is 7.70. The van der Waals surface area contributed by atoms with Crippen LogP contribution in [-0.2, 0) is 0 Å². The highest BCUT2D eigenvalue weighted by Crippen LogP contribution is 1.99. The molecule has 0 aromatic rings. The van der Waals surface area contributed by atoms with Crippen LogP contribution in [0.5, 0.6) is 0 Å². The molecule has 0 aliphatic carbocycles. The molecule has 0 aromatic heterocycles. The molecule has 0 heterocycles. The molecule has 0 saturated carbocycles. The van der Waals surface area contributed by atoms with Gasteiger partial charge in [0.05, 0.1) is 19.3 Å². The first-order valence-corrected chi connectivity index (χ1v) is 4.25. The van der Waals surface area contributed by atoms with Gasteiger partial charge in [-0.05, 0) is 5.92 Å². The Morgan fingerprint density at radius 3 is 2.08 bits per heavy atom. The zero-order valence-corrected chi connectivity index (χ0v) is 7.70. The van der Waals surface area contributed by atoms with Gasteiger partial charge in [0.15, 0.2) is 0 Å². The number of nitrogens with one attached hydrogen (secondary N) is 1. The van der Waals surface area contributed by atoms with Gasteiger partial charge in [-0.2, -0.15) is 0 Å². The van der Waals surface area contributed by atoms with Crippen LogP contribution < -0.4 is 5.32 Å². The number of aliphatic hydroxyl groups is 3. The van der Waals surface area contributed by atoms with Crippen molar-refractivity contribution in [2.45, 2.75) is 26.0 Å². The molecule has 4 heteroatoms. The van der Waals surface area contributed by atoms with Gasteiger partial charge in [0, 0.05) is 12.6 Å². The quantitative estimate of drug-likeness (QED) is 0.417. The lowest BCUT2D eigenvalue weighted by Crippen LogP contribution is -2.42. The second-order valence-electron chi connectivity index (χ2n) is 3.28. The molecule has 0 aliphatic rings. The summed E-state index contributed by atoms with van der Waals surface area (Å²) in [7, 11) is 0. The molecule has 0 aromatic carbocycles. The first-order chi connectivity index (χ1) is 5.61. The van der Waals surface area contributed by atoms with Gasteiger partial charge in [-0.3, -0.25) is 0 Å². The Hall–Kier alpha value is -0.160. The Morgan fingerprint density at radius 1 is 1.17 bits per heavy atom. The minimum atomic E-state index is -0.738. The van der Waals surface area contributed by atoms with E-state index in [9.17, 15) is 0 Å². The molecule has 0 spiro atoms. The monoisotopic (exact) mass is 177 g/mol. The highest BCUT2D eigenvalue weighted by atomic mass is 16.3. The highest BCUT2D eigenvalue weighted by Gasteiger charge is 2.12. The topological polar surface area (TPSA) is 72.7 Å². The van der Waals surface area contributed by atoms with Gasteiger partial charge in [0.2, 0.25) is 0 Å². The molecule has 74 valence electrons. The van der Waals surface area contributed by atoms with Crippen LogP contribution in [0.15, 0.2) is 0 Å². The van der Waals surface area contributed by atoms with Crippen LogP contribution in [0, 0.1) is 5.92 Å². The van der Waals surface area contributed by atoms with E-state index in [1.54, 1.807) is 0 Å². The minimum absolute atomic E-state index is 0.00815. The average Bonchev–Trinajstić information content (AvgIpc) is 2.04. The summed E-state index contributed by atoms with van der Waals surface area (Å²) >= 11 is 0. The van der Waals surface area contributed by atoms with E-state index in [2.05, 4.69) is 5.32 Å². The van der Waals surface area contributed by atoms with Gasteiger partial charge >= 0.3 is 0 Å². The van der Waals surface area contributed by atoms with Crippen molar-refractivity contribution in [3.8, 4) is 0 Å². The maximum absolute atomic E-state index is 8.99. The van der Waals surface area contributed by atoms with Crippen LogP contribution in [0.3, 0.4) is 0 Å². The van der Waals surface area contributed by atoms with Gasteiger partial charge in [-0.1, -0.05) is 13.8 Å². The molecule has 0 aliphatic heterocycles. The Labute approximate surface area is 73.2 Å². The first-order valence-electron chi connectivity index (χ1n) is 4.25. The molecule has 0 saturated heterocycles. The van der Waals surface area contributed by atoms with Crippen molar-refractivity contribution in [1.29, 1.82) is 0 Å². The van der Waals surface area contributed by atoms with Crippen LogP contribution in [0.2, 0.25) is 0 Å².